The normalized spacial score (nSPS) is 13.8. The number of carbonyl (C=O) groups is 8. The molecule has 0 bridgehead atoms. The fraction of sp³-hybridized carbons (Fsp3) is 0.682. The van der Waals surface area contributed by atoms with E-state index in [0.29, 0.717) is 36.5 Å². The molecule has 1 heterocycles. The van der Waals surface area contributed by atoms with E-state index >= 15 is 0 Å². The third-order valence-electron chi connectivity index (χ3n) is 8.54. The smallest absolute Gasteiger partial charge is 0.313 e. The van der Waals surface area contributed by atoms with Crippen LogP contribution in [0.15, 0.2) is 30.3 Å². The van der Waals surface area contributed by atoms with Crippen LogP contribution in [0.4, 0.5) is 0 Å². The summed E-state index contributed by atoms with van der Waals surface area (Å²) in [5.74, 6) is -3.03. The largest absolute Gasteiger partial charge is 0.481 e. The van der Waals surface area contributed by atoms with Gasteiger partial charge in [0.05, 0.1) is 0 Å². The van der Waals surface area contributed by atoms with Crippen LogP contribution in [0.25, 0.3) is 0 Å². The number of carboxylic acid groups (broad SMARTS) is 3. The van der Waals surface area contributed by atoms with Crippen molar-refractivity contribution in [3.63, 3.8) is 0 Å². The predicted octanol–water partition coefficient (Wildman–Crippen LogP) is 5.55. The van der Waals surface area contributed by atoms with Gasteiger partial charge in [-0.25, -0.2) is 0 Å². The zero-order valence-corrected chi connectivity index (χ0v) is 38.6. The van der Waals surface area contributed by atoms with Crippen molar-refractivity contribution in [2.75, 3.05) is 0 Å². The second-order valence-electron chi connectivity index (χ2n) is 17.2. The van der Waals surface area contributed by atoms with Gasteiger partial charge in [0.25, 0.3) is 0 Å². The van der Waals surface area contributed by atoms with Crippen molar-refractivity contribution in [3.8, 4) is 0 Å². The minimum absolute atomic E-state index is 0. The zero-order valence-electron chi connectivity index (χ0n) is 38.6. The molecule has 4 atom stereocenters. The summed E-state index contributed by atoms with van der Waals surface area (Å²) in [7, 11) is 0. The van der Waals surface area contributed by atoms with E-state index in [1.54, 1.807) is 0 Å². The van der Waals surface area contributed by atoms with Crippen LogP contribution in [0.2, 0.25) is 0 Å². The highest BCUT2D eigenvalue weighted by molar-refractivity contribution is 5.88. The van der Waals surface area contributed by atoms with Gasteiger partial charge in [-0.2, -0.15) is 0 Å². The molecule has 1 aromatic carbocycles. The monoisotopic (exact) mass is 888 g/mol. The molecular weight excluding hydrogens is 807 g/mol. The molecule has 1 unspecified atom stereocenters. The number of aliphatic carboxylic acids is 3. The van der Waals surface area contributed by atoms with Crippen molar-refractivity contribution < 1.29 is 63.9 Å². The summed E-state index contributed by atoms with van der Waals surface area (Å²) in [5, 5.41) is 25.7. The first kappa shape index (κ1) is 66.2. The molecule has 0 aliphatic carbocycles. The summed E-state index contributed by atoms with van der Waals surface area (Å²) in [6, 6.07) is 10.2. The number of carbonyl (C=O) groups excluding carboxylic acids is 5. The van der Waals surface area contributed by atoms with Crippen LogP contribution in [0, 0.1) is 47.3 Å². The average Bonchev–Trinajstić information content (AvgIpc) is 3.03. The fourth-order valence-electron chi connectivity index (χ4n) is 6.65. The second-order valence-corrected chi connectivity index (χ2v) is 17.2. The fourth-order valence-corrected chi connectivity index (χ4v) is 6.65. The number of hydrogen-bond donors (Lipinski definition) is 8. The maximum absolute atomic E-state index is 10.8. The molecule has 0 radical (unpaired) electrons. The molecule has 1 aromatic rings. The average molecular weight is 888 g/mol. The van der Waals surface area contributed by atoms with E-state index in [9.17, 15) is 38.4 Å². The number of benzene rings is 1. The van der Waals surface area contributed by atoms with Crippen molar-refractivity contribution in [1.29, 1.82) is 0 Å². The van der Waals surface area contributed by atoms with Crippen LogP contribution in [-0.4, -0.2) is 68.4 Å². The lowest BCUT2D eigenvalue weighted by atomic mass is 9.90. The van der Waals surface area contributed by atoms with Crippen molar-refractivity contribution in [2.24, 2.45) is 70.3 Å². The highest BCUT2D eigenvalue weighted by atomic mass is 16.6. The Morgan fingerprint density at radius 3 is 1.05 bits per heavy atom. The Hall–Kier alpha value is -4.94. The summed E-state index contributed by atoms with van der Waals surface area (Å²) in [6.45, 7) is 18.1. The summed E-state index contributed by atoms with van der Waals surface area (Å²) >= 11 is 0. The number of primary amides is 3. The Bertz CT molecular complexity index is 1270. The first-order valence-corrected chi connectivity index (χ1v) is 20.7. The van der Waals surface area contributed by atoms with Crippen LogP contribution >= 0.6 is 0 Å². The van der Waals surface area contributed by atoms with Crippen LogP contribution in [0.5, 0.6) is 0 Å². The first-order valence-electron chi connectivity index (χ1n) is 20.7. The molecule has 1 aliphatic rings. The predicted molar refractivity (Wildman–Crippen MR) is 238 cm³/mol. The third kappa shape index (κ3) is 46.1. The number of hydrogen-bond acceptors (Lipinski definition) is 11. The zero-order chi connectivity index (χ0) is 47.1. The van der Waals surface area contributed by atoms with Gasteiger partial charge in [-0.15, -0.1) is 0 Å². The summed E-state index contributed by atoms with van der Waals surface area (Å²) in [4.78, 5) is 84.7. The van der Waals surface area contributed by atoms with Crippen LogP contribution in [0.3, 0.4) is 0 Å². The number of cyclic esters (lactones) is 2. The molecule has 0 spiro atoms. The molecule has 62 heavy (non-hydrogen) atoms. The van der Waals surface area contributed by atoms with Crippen molar-refractivity contribution in [3.05, 3.63) is 35.9 Å². The van der Waals surface area contributed by atoms with E-state index in [1.807, 2.05) is 78.8 Å². The first-order chi connectivity index (χ1) is 27.6. The Balaban J connectivity index is -0.000000217. The van der Waals surface area contributed by atoms with Crippen molar-refractivity contribution in [1.82, 2.24) is 6.15 Å². The lowest BCUT2D eigenvalue weighted by molar-refractivity contribution is -0.166. The minimum Gasteiger partial charge on any atom is -0.481 e. The van der Waals surface area contributed by atoms with Crippen LogP contribution in [-0.2, 0) is 43.1 Å². The highest BCUT2D eigenvalue weighted by Gasteiger charge is 2.27. The Labute approximate surface area is 368 Å². The van der Waals surface area contributed by atoms with Crippen molar-refractivity contribution >= 4 is 47.6 Å². The topological polar surface area (TPSA) is 377 Å². The van der Waals surface area contributed by atoms with E-state index in [1.165, 1.54) is 5.56 Å². The molecule has 3 amide bonds. The van der Waals surface area contributed by atoms with Gasteiger partial charge >= 0.3 is 29.8 Å². The van der Waals surface area contributed by atoms with Gasteiger partial charge in [0.1, 0.15) is 0 Å². The molecule has 360 valence electrons. The van der Waals surface area contributed by atoms with Gasteiger partial charge in [-0.3, -0.25) is 38.4 Å². The standard InChI is InChI=1S/3C9H17NO3.C9H14O3.C8H11N.H3N.H2O/c3*1-6(2)3-7(4-8(10)11)5-9(12)13;1-6(2)3-7-4-8(10)12-9(11)5-7;1-7(9)8-5-3-2-4-6-8;;/h3*6-7H,3-5H2,1-2H3,(H2,10,11)(H,12,13);6-7H,3-5H2,1-2H3;2-7H,9H2,1H3;1H3;1H2/t2*7-;;;7-;;/m10..0../s1. The minimum atomic E-state index is -0.869. The molecule has 0 saturated carbocycles. The van der Waals surface area contributed by atoms with E-state index in [-0.39, 0.29) is 91.8 Å². The highest BCUT2D eigenvalue weighted by Crippen LogP contribution is 2.24. The quantitative estimate of drug-likeness (QED) is 0.0554. The Morgan fingerprint density at radius 1 is 0.565 bits per heavy atom. The lowest BCUT2D eigenvalue weighted by Gasteiger charge is -2.20. The lowest BCUT2D eigenvalue weighted by Crippen LogP contribution is -2.26. The SMILES string of the molecule is CC(C)CC(CC(N)=O)CC(=O)O.CC(C)CC1CC(=O)OC(=O)C1.CC(C)C[C@@H](CC(N)=O)CC(=O)O.CC(C)C[C@H](CC(N)=O)CC(=O)O.C[C@H](N)c1ccccc1.N.O. The summed E-state index contributed by atoms with van der Waals surface area (Å²) in [6.07, 6.45) is 4.54. The number of carboxylic acids is 3. The number of nitrogens with two attached hydrogens (primary N) is 4. The number of ether oxygens (including phenoxy) is 1. The Morgan fingerprint density at radius 2 is 0.855 bits per heavy atom. The molecule has 16 N–H and O–H groups in total. The molecule has 1 saturated heterocycles. The van der Waals surface area contributed by atoms with E-state index in [4.69, 9.17) is 38.3 Å². The van der Waals surface area contributed by atoms with Crippen molar-refractivity contribution in [2.45, 2.75) is 145 Å². The summed E-state index contributed by atoms with van der Waals surface area (Å²) < 4.78 is 4.42. The number of rotatable bonds is 21. The van der Waals surface area contributed by atoms with Gasteiger partial charge in [-0.05, 0) is 85.5 Å². The summed E-state index contributed by atoms with van der Waals surface area (Å²) in [5.41, 5.74) is 21.8. The number of amides is 3. The maximum Gasteiger partial charge on any atom is 0.313 e. The van der Waals surface area contributed by atoms with Gasteiger partial charge in [0.2, 0.25) is 17.7 Å². The second kappa shape index (κ2) is 37.8. The molecule has 18 nitrogen and oxygen atoms in total. The number of esters is 2. The molecular formula is C44H81N5O13. The maximum atomic E-state index is 10.8. The Kier molecular flexibility index (Phi) is 40.3. The molecule has 1 fully saturated rings. The molecule has 1 aliphatic heterocycles. The molecule has 18 heteroatoms. The van der Waals surface area contributed by atoms with Crippen LogP contribution < -0.4 is 29.1 Å². The third-order valence-corrected chi connectivity index (χ3v) is 8.54. The van der Waals surface area contributed by atoms with E-state index in [2.05, 4.69) is 18.6 Å². The van der Waals surface area contributed by atoms with E-state index in [0.717, 1.165) is 25.7 Å². The molecule has 0 aromatic heterocycles. The van der Waals surface area contributed by atoms with Crippen LogP contribution in [0.1, 0.15) is 151 Å². The van der Waals surface area contributed by atoms with E-state index < -0.39 is 35.6 Å². The van der Waals surface area contributed by atoms with Gasteiger partial charge in [0.15, 0.2) is 0 Å². The van der Waals surface area contributed by atoms with Gasteiger partial charge in [0, 0.05) is 57.4 Å². The van der Waals surface area contributed by atoms with Gasteiger partial charge < -0.3 is 54.6 Å². The molecule has 2 rings (SSSR count). The van der Waals surface area contributed by atoms with Gasteiger partial charge in [-0.1, -0.05) is 85.7 Å².